The molecule has 9 nitrogen and oxygen atoms in total. The van der Waals surface area contributed by atoms with Crippen LogP contribution in [0, 0.1) is 0 Å². The maximum absolute atomic E-state index is 9.40. The molecule has 0 amide bonds. The van der Waals surface area contributed by atoms with Crippen LogP contribution in [0.2, 0.25) is 0 Å². The number of hydrogen-bond donors (Lipinski definition) is 2. The quantitative estimate of drug-likeness (QED) is 0.260. The molecule has 0 saturated carbocycles. The third kappa shape index (κ3) is 6.66. The Labute approximate surface area is 220 Å². The van der Waals surface area contributed by atoms with E-state index in [4.69, 9.17) is 14.2 Å². The average Bonchev–Trinajstić information content (AvgIpc) is 2.92. The summed E-state index contributed by atoms with van der Waals surface area (Å²) in [5.41, 5.74) is 1.30. The Morgan fingerprint density at radius 3 is 2.24 bits per heavy atom. The lowest BCUT2D eigenvalue weighted by Gasteiger charge is -2.19. The van der Waals surface area contributed by atoms with Gasteiger partial charge in [0.25, 0.3) is 5.88 Å². The van der Waals surface area contributed by atoms with Crippen molar-refractivity contribution < 1.29 is 19.3 Å². The lowest BCUT2D eigenvalue weighted by Crippen LogP contribution is -2.10. The predicted molar refractivity (Wildman–Crippen MR) is 143 cm³/mol. The van der Waals surface area contributed by atoms with Crippen molar-refractivity contribution in [1.29, 1.82) is 0 Å². The van der Waals surface area contributed by atoms with E-state index in [1.165, 1.54) is 17.5 Å². The summed E-state index contributed by atoms with van der Waals surface area (Å²) in [6, 6.07) is 17.2. The van der Waals surface area contributed by atoms with Gasteiger partial charge in [-0.1, -0.05) is 45.0 Å². The fourth-order valence-corrected chi connectivity index (χ4v) is 3.91. The highest BCUT2D eigenvalue weighted by atomic mass is 32.2. The molecule has 0 atom stereocenters. The van der Waals surface area contributed by atoms with Crippen LogP contribution in [-0.4, -0.2) is 45.4 Å². The number of para-hydroxylation sites is 2. The number of anilines is 1. The van der Waals surface area contributed by atoms with Crippen molar-refractivity contribution in [2.24, 2.45) is 0 Å². The van der Waals surface area contributed by atoms with Gasteiger partial charge >= 0.3 is 0 Å². The number of nitrogens with zero attached hydrogens (tertiary/aromatic N) is 4. The summed E-state index contributed by atoms with van der Waals surface area (Å²) in [5.74, 6) is 2.26. The molecule has 0 unspecified atom stereocenters. The Hall–Kier alpha value is -3.89. The van der Waals surface area contributed by atoms with E-state index >= 15 is 0 Å². The first-order valence-electron chi connectivity index (χ1n) is 11.7. The molecule has 2 aromatic carbocycles. The van der Waals surface area contributed by atoms with Crippen LogP contribution < -0.4 is 18.9 Å². The first-order valence-corrected chi connectivity index (χ1v) is 12.5. The molecule has 2 N–H and O–H groups in total. The summed E-state index contributed by atoms with van der Waals surface area (Å²) >= 11 is 1.37. The second-order valence-corrected chi connectivity index (χ2v) is 9.79. The molecule has 4 rings (SSSR count). The molecule has 192 valence electrons. The Morgan fingerprint density at radius 2 is 1.59 bits per heavy atom. The van der Waals surface area contributed by atoms with Crippen LogP contribution >= 0.6 is 11.9 Å². The molecule has 10 heteroatoms. The van der Waals surface area contributed by atoms with Gasteiger partial charge in [-0.3, -0.25) is 0 Å². The average molecular weight is 520 g/mol. The number of hydrogen-bond acceptors (Lipinski definition) is 10. The molecule has 0 fully saturated rings. The monoisotopic (exact) mass is 519 g/mol. The number of benzene rings is 2. The Bertz CT molecular complexity index is 1310. The van der Waals surface area contributed by atoms with E-state index in [1.54, 1.807) is 37.7 Å². The van der Waals surface area contributed by atoms with Crippen LogP contribution in [0.5, 0.6) is 23.1 Å². The van der Waals surface area contributed by atoms with Crippen LogP contribution in [0.1, 0.15) is 26.3 Å². The van der Waals surface area contributed by atoms with Crippen LogP contribution in [0.25, 0.3) is 11.6 Å². The van der Waals surface area contributed by atoms with Crippen molar-refractivity contribution in [1.82, 2.24) is 19.9 Å². The van der Waals surface area contributed by atoms with Crippen LogP contribution in [-0.2, 0) is 5.41 Å². The van der Waals surface area contributed by atoms with Gasteiger partial charge in [0.1, 0.15) is 6.61 Å². The number of nitrogens with one attached hydrogen (secondary N) is 1. The summed E-state index contributed by atoms with van der Waals surface area (Å²) in [4.78, 5) is 18.7. The molecule has 0 radical (unpaired) electrons. The molecule has 4 aromatic rings. The van der Waals surface area contributed by atoms with Crippen molar-refractivity contribution in [3.63, 3.8) is 0 Å². The van der Waals surface area contributed by atoms with Crippen molar-refractivity contribution in [2.45, 2.75) is 31.1 Å². The van der Waals surface area contributed by atoms with E-state index in [9.17, 15) is 5.11 Å². The zero-order valence-electron chi connectivity index (χ0n) is 21.1. The number of rotatable bonds is 10. The standard InChI is InChI=1S/C27H29N5O4S/c1-27(2,3)18-10-12-19(13-11-18)37-32-23-22(36-21-9-6-5-8-20(21)34-4)26(35-17-16-33)31-25(30-23)24-28-14-7-15-29-24/h5-15,33H,16-17H2,1-4H3,(H,30,31,32). The minimum Gasteiger partial charge on any atom is -0.493 e. The van der Waals surface area contributed by atoms with Gasteiger partial charge in [-0.2, -0.15) is 4.98 Å². The molecule has 37 heavy (non-hydrogen) atoms. The smallest absolute Gasteiger partial charge is 0.263 e. The lowest BCUT2D eigenvalue weighted by atomic mass is 9.87. The zero-order chi connectivity index (χ0) is 26.3. The van der Waals surface area contributed by atoms with Crippen molar-refractivity contribution >= 4 is 17.8 Å². The van der Waals surface area contributed by atoms with E-state index in [2.05, 4.69) is 57.6 Å². The topological polar surface area (TPSA) is 112 Å². The van der Waals surface area contributed by atoms with Gasteiger partial charge in [0.15, 0.2) is 23.1 Å². The minimum atomic E-state index is -0.201. The van der Waals surface area contributed by atoms with Crippen molar-refractivity contribution in [3.05, 3.63) is 72.6 Å². The van der Waals surface area contributed by atoms with Gasteiger partial charge in [-0.05, 0) is 53.3 Å². The Morgan fingerprint density at radius 1 is 0.892 bits per heavy atom. The maximum atomic E-state index is 9.40. The number of aromatic nitrogens is 4. The van der Waals surface area contributed by atoms with Crippen LogP contribution in [0.15, 0.2) is 71.9 Å². The summed E-state index contributed by atoms with van der Waals surface area (Å²) in [6.07, 6.45) is 3.22. The number of aliphatic hydroxyl groups is 1. The normalized spacial score (nSPS) is 11.2. The first kappa shape index (κ1) is 26.2. The number of methoxy groups -OCH3 is 1. The Kier molecular flexibility index (Phi) is 8.42. The van der Waals surface area contributed by atoms with Gasteiger partial charge in [0.2, 0.25) is 11.6 Å². The number of aliphatic hydroxyl groups excluding tert-OH is 1. The van der Waals surface area contributed by atoms with Gasteiger partial charge < -0.3 is 24.0 Å². The van der Waals surface area contributed by atoms with E-state index in [1.807, 2.05) is 24.3 Å². The maximum Gasteiger partial charge on any atom is 0.263 e. The molecule has 0 bridgehead atoms. The van der Waals surface area contributed by atoms with E-state index < -0.39 is 0 Å². The zero-order valence-corrected chi connectivity index (χ0v) is 22.0. The highest BCUT2D eigenvalue weighted by Crippen LogP contribution is 2.42. The SMILES string of the molecule is COc1ccccc1Oc1c(NSc2ccc(C(C)(C)C)cc2)nc(-c2ncccn2)nc1OCCO. The predicted octanol–water partition coefficient (Wildman–Crippen LogP) is 5.52. The second kappa shape index (κ2) is 11.9. The lowest BCUT2D eigenvalue weighted by molar-refractivity contribution is 0.192. The van der Waals surface area contributed by atoms with Crippen LogP contribution in [0.3, 0.4) is 0 Å². The molecule has 2 aromatic heterocycles. The van der Waals surface area contributed by atoms with E-state index in [-0.39, 0.29) is 36.1 Å². The fraction of sp³-hybridized carbons (Fsp3) is 0.259. The number of ether oxygens (including phenoxy) is 3. The molecule has 0 aliphatic carbocycles. The minimum absolute atomic E-state index is 0.00916. The Balaban J connectivity index is 1.74. The molecule has 0 saturated heterocycles. The molecule has 0 spiro atoms. The summed E-state index contributed by atoms with van der Waals surface area (Å²) in [7, 11) is 1.56. The molecular formula is C27H29N5O4S. The molecular weight excluding hydrogens is 490 g/mol. The molecule has 0 aliphatic rings. The first-order chi connectivity index (χ1) is 17.9. The second-order valence-electron chi connectivity index (χ2n) is 8.91. The van der Waals surface area contributed by atoms with Gasteiger partial charge in [0, 0.05) is 17.3 Å². The molecule has 2 heterocycles. The third-order valence-corrected chi connectivity index (χ3v) is 6.00. The molecule has 0 aliphatic heterocycles. The third-order valence-electron chi connectivity index (χ3n) is 5.20. The highest BCUT2D eigenvalue weighted by molar-refractivity contribution is 8.00. The van der Waals surface area contributed by atoms with E-state index in [0.29, 0.717) is 23.1 Å². The largest absolute Gasteiger partial charge is 0.493 e. The van der Waals surface area contributed by atoms with Gasteiger partial charge in [0.05, 0.1) is 13.7 Å². The van der Waals surface area contributed by atoms with Gasteiger partial charge in [-0.15, -0.1) is 0 Å². The summed E-state index contributed by atoms with van der Waals surface area (Å²) < 4.78 is 20.7. The highest BCUT2D eigenvalue weighted by Gasteiger charge is 2.22. The van der Waals surface area contributed by atoms with Crippen molar-refractivity contribution in [3.8, 4) is 34.8 Å². The van der Waals surface area contributed by atoms with Gasteiger partial charge in [-0.25, -0.2) is 15.0 Å². The summed E-state index contributed by atoms with van der Waals surface area (Å²) in [5, 5.41) is 9.40. The fourth-order valence-electron chi connectivity index (χ4n) is 3.29. The van der Waals surface area contributed by atoms with Crippen LogP contribution in [0.4, 0.5) is 5.82 Å². The van der Waals surface area contributed by atoms with Crippen molar-refractivity contribution in [2.75, 3.05) is 25.0 Å². The van der Waals surface area contributed by atoms with E-state index in [0.717, 1.165) is 4.90 Å². The summed E-state index contributed by atoms with van der Waals surface area (Å²) in [6.45, 7) is 6.34.